The second kappa shape index (κ2) is 4.21. The third-order valence-corrected chi connectivity index (χ3v) is 1.03. The first kappa shape index (κ1) is 8.30. The lowest BCUT2D eigenvalue weighted by molar-refractivity contribution is -0.125. The van der Waals surface area contributed by atoms with Crippen molar-refractivity contribution < 1.29 is 14.7 Å². The summed E-state index contributed by atoms with van der Waals surface area (Å²) in [4.78, 5) is 20.0. The zero-order valence-electron chi connectivity index (χ0n) is 5.33. The fourth-order valence-electron chi connectivity index (χ4n) is 0.429. The molecule has 52 valence electrons. The number of hydrogen-bond acceptors (Lipinski definition) is 3. The van der Waals surface area contributed by atoms with E-state index in [9.17, 15) is 9.59 Å². The van der Waals surface area contributed by atoms with Crippen molar-refractivity contribution in [3.63, 3.8) is 0 Å². The number of hydrogen-bond donors (Lipinski definition) is 1. The van der Waals surface area contributed by atoms with Gasteiger partial charge >= 0.3 is 0 Å². The van der Waals surface area contributed by atoms with Gasteiger partial charge in [-0.1, -0.05) is 0 Å². The van der Waals surface area contributed by atoms with Crippen LogP contribution in [0.25, 0.3) is 0 Å². The van der Waals surface area contributed by atoms with Gasteiger partial charge in [0.05, 0.1) is 0 Å². The van der Waals surface area contributed by atoms with E-state index in [1.807, 2.05) is 0 Å². The molecule has 3 heteroatoms. The first-order chi connectivity index (χ1) is 4.18. The SMILES string of the molecule is CC(=O)C(O)CCC=O. The van der Waals surface area contributed by atoms with E-state index in [0.29, 0.717) is 6.29 Å². The molecule has 0 heterocycles. The van der Waals surface area contributed by atoms with Crippen molar-refractivity contribution in [3.05, 3.63) is 0 Å². The Kier molecular flexibility index (Phi) is 3.88. The number of aliphatic hydroxyl groups excluding tert-OH is 1. The van der Waals surface area contributed by atoms with Crippen molar-refractivity contribution in [2.24, 2.45) is 0 Å². The molecule has 3 nitrogen and oxygen atoms in total. The number of aldehydes is 1. The van der Waals surface area contributed by atoms with Crippen molar-refractivity contribution in [3.8, 4) is 0 Å². The molecule has 0 saturated heterocycles. The highest BCUT2D eigenvalue weighted by Crippen LogP contribution is 1.94. The van der Waals surface area contributed by atoms with E-state index in [1.165, 1.54) is 6.92 Å². The first-order valence-corrected chi connectivity index (χ1v) is 2.80. The molecule has 0 aliphatic heterocycles. The van der Waals surface area contributed by atoms with Gasteiger partial charge < -0.3 is 9.90 Å². The summed E-state index contributed by atoms with van der Waals surface area (Å²) >= 11 is 0. The summed E-state index contributed by atoms with van der Waals surface area (Å²) in [6.45, 7) is 1.30. The summed E-state index contributed by atoms with van der Waals surface area (Å²) in [6, 6.07) is 0. The molecule has 0 aromatic carbocycles. The fourth-order valence-corrected chi connectivity index (χ4v) is 0.429. The largest absolute Gasteiger partial charge is 0.385 e. The molecule has 0 fully saturated rings. The summed E-state index contributed by atoms with van der Waals surface area (Å²) in [5, 5.41) is 8.75. The van der Waals surface area contributed by atoms with Crippen LogP contribution < -0.4 is 0 Å². The summed E-state index contributed by atoms with van der Waals surface area (Å²) in [7, 11) is 0. The predicted molar refractivity (Wildman–Crippen MR) is 32.0 cm³/mol. The van der Waals surface area contributed by atoms with Crippen molar-refractivity contribution >= 4 is 12.1 Å². The normalized spacial score (nSPS) is 12.7. The molecule has 0 aliphatic carbocycles. The number of carbonyl (C=O) groups is 2. The van der Waals surface area contributed by atoms with E-state index in [4.69, 9.17) is 5.11 Å². The third-order valence-electron chi connectivity index (χ3n) is 1.03. The molecule has 0 bridgehead atoms. The molecular weight excluding hydrogens is 120 g/mol. The van der Waals surface area contributed by atoms with Crippen LogP contribution in [0.1, 0.15) is 19.8 Å². The van der Waals surface area contributed by atoms with Gasteiger partial charge in [0.1, 0.15) is 12.4 Å². The molecule has 0 amide bonds. The Morgan fingerprint density at radius 1 is 1.78 bits per heavy atom. The van der Waals surface area contributed by atoms with E-state index in [-0.39, 0.29) is 18.6 Å². The molecule has 1 atom stereocenters. The van der Waals surface area contributed by atoms with E-state index in [2.05, 4.69) is 0 Å². The molecular formula is C6H10O3. The number of ketones is 1. The average molecular weight is 130 g/mol. The van der Waals surface area contributed by atoms with Gasteiger partial charge in [0.2, 0.25) is 0 Å². The number of rotatable bonds is 4. The first-order valence-electron chi connectivity index (χ1n) is 2.80. The number of Topliss-reactive ketones (excluding diaryl/α,β-unsaturated/α-hetero) is 1. The molecule has 9 heavy (non-hydrogen) atoms. The van der Waals surface area contributed by atoms with Crippen LogP contribution in [0.5, 0.6) is 0 Å². The van der Waals surface area contributed by atoms with E-state index in [0.717, 1.165) is 0 Å². The molecule has 1 N–H and O–H groups in total. The lowest BCUT2D eigenvalue weighted by Crippen LogP contribution is -2.16. The van der Waals surface area contributed by atoms with Gasteiger partial charge in [0.25, 0.3) is 0 Å². The highest BCUT2D eigenvalue weighted by atomic mass is 16.3. The van der Waals surface area contributed by atoms with Gasteiger partial charge in [0, 0.05) is 6.42 Å². The maximum atomic E-state index is 10.3. The number of aliphatic hydroxyl groups is 1. The fraction of sp³-hybridized carbons (Fsp3) is 0.667. The zero-order valence-corrected chi connectivity index (χ0v) is 5.33. The predicted octanol–water partition coefficient (Wildman–Crippen LogP) is -0.0846. The minimum absolute atomic E-state index is 0.249. The average Bonchev–Trinajstić information content (AvgIpc) is 1.82. The molecule has 1 unspecified atom stereocenters. The topological polar surface area (TPSA) is 54.4 Å². The molecule has 0 spiro atoms. The monoisotopic (exact) mass is 130 g/mol. The van der Waals surface area contributed by atoms with Gasteiger partial charge in [-0.05, 0) is 13.3 Å². The number of carbonyl (C=O) groups excluding carboxylic acids is 2. The zero-order chi connectivity index (χ0) is 7.28. The molecule has 0 radical (unpaired) electrons. The lowest BCUT2D eigenvalue weighted by Gasteiger charge is -2.00. The van der Waals surface area contributed by atoms with Crippen LogP contribution in [0.2, 0.25) is 0 Å². The summed E-state index contributed by atoms with van der Waals surface area (Å²) in [5.74, 6) is -0.281. The van der Waals surface area contributed by atoms with Crippen molar-refractivity contribution in [2.45, 2.75) is 25.9 Å². The van der Waals surface area contributed by atoms with Crippen LogP contribution in [0, 0.1) is 0 Å². The van der Waals surface area contributed by atoms with Crippen LogP contribution in [-0.4, -0.2) is 23.3 Å². The summed E-state index contributed by atoms with van der Waals surface area (Å²) in [5.41, 5.74) is 0. The van der Waals surface area contributed by atoms with Crippen LogP contribution >= 0.6 is 0 Å². The lowest BCUT2D eigenvalue weighted by atomic mass is 10.1. The van der Waals surface area contributed by atoms with Crippen LogP contribution in [0.4, 0.5) is 0 Å². The summed E-state index contributed by atoms with van der Waals surface area (Å²) in [6.07, 6.45) is 0.237. The standard InChI is InChI=1S/C6H10O3/c1-5(8)6(9)3-2-4-7/h4,6,9H,2-3H2,1H3. The van der Waals surface area contributed by atoms with Gasteiger partial charge in [0.15, 0.2) is 5.78 Å². The van der Waals surface area contributed by atoms with Crippen molar-refractivity contribution in [1.29, 1.82) is 0 Å². The molecule has 0 rings (SSSR count). The Balaban J connectivity index is 3.37. The van der Waals surface area contributed by atoms with Gasteiger partial charge in [-0.25, -0.2) is 0 Å². The van der Waals surface area contributed by atoms with Crippen molar-refractivity contribution in [2.75, 3.05) is 0 Å². The molecule has 0 aromatic rings. The van der Waals surface area contributed by atoms with Gasteiger partial charge in [-0.3, -0.25) is 4.79 Å². The van der Waals surface area contributed by atoms with Crippen LogP contribution in [0.15, 0.2) is 0 Å². The molecule has 0 aromatic heterocycles. The minimum Gasteiger partial charge on any atom is -0.385 e. The Morgan fingerprint density at radius 3 is 2.67 bits per heavy atom. The molecule has 0 aliphatic rings. The Bertz CT molecular complexity index is 109. The molecule has 0 saturated carbocycles. The minimum atomic E-state index is -0.949. The Morgan fingerprint density at radius 2 is 2.33 bits per heavy atom. The Hall–Kier alpha value is -0.700. The van der Waals surface area contributed by atoms with Gasteiger partial charge in [-0.15, -0.1) is 0 Å². The Labute approximate surface area is 53.7 Å². The summed E-state index contributed by atoms with van der Waals surface area (Å²) < 4.78 is 0. The van der Waals surface area contributed by atoms with E-state index < -0.39 is 6.10 Å². The highest BCUT2D eigenvalue weighted by molar-refractivity contribution is 5.80. The van der Waals surface area contributed by atoms with E-state index >= 15 is 0 Å². The van der Waals surface area contributed by atoms with Crippen molar-refractivity contribution in [1.82, 2.24) is 0 Å². The van der Waals surface area contributed by atoms with E-state index in [1.54, 1.807) is 0 Å². The maximum Gasteiger partial charge on any atom is 0.158 e. The van der Waals surface area contributed by atoms with Crippen LogP contribution in [0.3, 0.4) is 0 Å². The second-order valence-corrected chi connectivity index (χ2v) is 1.87. The smallest absolute Gasteiger partial charge is 0.158 e. The van der Waals surface area contributed by atoms with Crippen LogP contribution in [-0.2, 0) is 9.59 Å². The highest BCUT2D eigenvalue weighted by Gasteiger charge is 2.07. The quantitative estimate of drug-likeness (QED) is 0.541. The third kappa shape index (κ3) is 3.85. The second-order valence-electron chi connectivity index (χ2n) is 1.87. The van der Waals surface area contributed by atoms with Gasteiger partial charge in [-0.2, -0.15) is 0 Å². The maximum absolute atomic E-state index is 10.3.